The number of fused-ring (bicyclic) bond motifs is 1. The second-order valence-corrected chi connectivity index (χ2v) is 3.94. The van der Waals surface area contributed by atoms with Gasteiger partial charge in [0.05, 0.1) is 0 Å². The van der Waals surface area contributed by atoms with Gasteiger partial charge in [-0.2, -0.15) is 0 Å². The number of hydrogen-bond donors (Lipinski definition) is 2. The number of para-hydroxylation sites is 1. The van der Waals surface area contributed by atoms with E-state index < -0.39 is 6.04 Å². The van der Waals surface area contributed by atoms with Gasteiger partial charge in [-0.15, -0.1) is 0 Å². The number of aryl methyl sites for hydroxylation is 1. The molecule has 0 aliphatic carbocycles. The van der Waals surface area contributed by atoms with E-state index in [9.17, 15) is 9.59 Å². The van der Waals surface area contributed by atoms with E-state index in [1.807, 2.05) is 24.3 Å². The smallest absolute Gasteiger partial charge is 0.246 e. The molecule has 0 bridgehead atoms. The number of amides is 2. The first-order valence-electron chi connectivity index (χ1n) is 5.32. The lowest BCUT2D eigenvalue weighted by Gasteiger charge is -2.13. The molecule has 4 nitrogen and oxygen atoms in total. The van der Waals surface area contributed by atoms with E-state index in [1.54, 1.807) is 0 Å². The number of nitrogens with one attached hydrogen (secondary N) is 2. The molecule has 1 aliphatic rings. The van der Waals surface area contributed by atoms with Crippen LogP contribution in [0, 0.1) is 0 Å². The van der Waals surface area contributed by atoms with Crippen LogP contribution in [0.25, 0.3) is 0 Å². The summed E-state index contributed by atoms with van der Waals surface area (Å²) >= 11 is 0. The molecule has 0 fully saturated rings. The number of carbonyl (C=O) groups is 2. The normalized spacial score (nSPS) is 19.3. The molecule has 84 valence electrons. The average molecular weight is 218 g/mol. The number of hydrogen-bond acceptors (Lipinski definition) is 2. The third-order valence-electron chi connectivity index (χ3n) is 2.67. The molecule has 1 aliphatic heterocycles. The molecule has 2 N–H and O–H groups in total. The Morgan fingerprint density at radius 3 is 2.94 bits per heavy atom. The number of rotatable bonds is 1. The van der Waals surface area contributed by atoms with Gasteiger partial charge in [0, 0.05) is 12.6 Å². The SMILES string of the molecule is CC(=O)NC1CCc2ccccc2NC1=O. The Bertz CT molecular complexity index is 429. The zero-order valence-corrected chi connectivity index (χ0v) is 9.12. The van der Waals surface area contributed by atoms with Crippen LogP contribution in [-0.2, 0) is 16.0 Å². The molecule has 0 saturated carbocycles. The van der Waals surface area contributed by atoms with E-state index in [1.165, 1.54) is 6.92 Å². The van der Waals surface area contributed by atoms with Gasteiger partial charge in [0.15, 0.2) is 0 Å². The molecule has 1 atom stereocenters. The minimum absolute atomic E-state index is 0.139. The first kappa shape index (κ1) is 10.7. The van der Waals surface area contributed by atoms with E-state index in [0.717, 1.165) is 17.7 Å². The van der Waals surface area contributed by atoms with Crippen molar-refractivity contribution in [3.05, 3.63) is 29.8 Å². The lowest BCUT2D eigenvalue weighted by atomic mass is 10.1. The molecule has 1 heterocycles. The third-order valence-corrected chi connectivity index (χ3v) is 2.67. The van der Waals surface area contributed by atoms with E-state index in [0.29, 0.717) is 6.42 Å². The highest BCUT2D eigenvalue weighted by atomic mass is 16.2. The number of carbonyl (C=O) groups excluding carboxylic acids is 2. The second-order valence-electron chi connectivity index (χ2n) is 3.94. The average Bonchev–Trinajstić information content (AvgIpc) is 2.39. The summed E-state index contributed by atoms with van der Waals surface area (Å²) in [6, 6.07) is 7.28. The van der Waals surface area contributed by atoms with Gasteiger partial charge in [0.1, 0.15) is 6.04 Å². The number of anilines is 1. The molecule has 16 heavy (non-hydrogen) atoms. The van der Waals surface area contributed by atoms with Gasteiger partial charge in [-0.3, -0.25) is 9.59 Å². The van der Waals surface area contributed by atoms with Crippen molar-refractivity contribution in [2.75, 3.05) is 5.32 Å². The van der Waals surface area contributed by atoms with Crippen LogP contribution in [0.2, 0.25) is 0 Å². The predicted octanol–water partition coefficient (Wildman–Crippen LogP) is 1.08. The van der Waals surface area contributed by atoms with E-state index >= 15 is 0 Å². The first-order valence-corrected chi connectivity index (χ1v) is 5.32. The Kier molecular flexibility index (Phi) is 2.90. The minimum atomic E-state index is -0.426. The van der Waals surface area contributed by atoms with Crippen molar-refractivity contribution in [3.8, 4) is 0 Å². The van der Waals surface area contributed by atoms with Gasteiger partial charge in [0.25, 0.3) is 0 Å². The van der Waals surface area contributed by atoms with Crippen LogP contribution in [0.4, 0.5) is 5.69 Å². The minimum Gasteiger partial charge on any atom is -0.345 e. The van der Waals surface area contributed by atoms with Crippen molar-refractivity contribution < 1.29 is 9.59 Å². The van der Waals surface area contributed by atoms with Gasteiger partial charge in [-0.1, -0.05) is 18.2 Å². The Morgan fingerprint density at radius 2 is 2.19 bits per heavy atom. The lowest BCUT2D eigenvalue weighted by Crippen LogP contribution is -2.42. The third kappa shape index (κ3) is 2.21. The quantitative estimate of drug-likeness (QED) is 0.741. The van der Waals surface area contributed by atoms with Gasteiger partial charge < -0.3 is 10.6 Å². The standard InChI is InChI=1S/C12H14N2O2/c1-8(15)13-11-7-6-9-4-2-3-5-10(9)14-12(11)16/h2-5,11H,6-7H2,1H3,(H,13,15)(H,14,16). The Hall–Kier alpha value is -1.84. The highest BCUT2D eigenvalue weighted by Gasteiger charge is 2.23. The van der Waals surface area contributed by atoms with Crippen LogP contribution in [-0.4, -0.2) is 17.9 Å². The highest BCUT2D eigenvalue weighted by Crippen LogP contribution is 2.21. The monoisotopic (exact) mass is 218 g/mol. The van der Waals surface area contributed by atoms with E-state index in [-0.39, 0.29) is 11.8 Å². The molecule has 1 aromatic rings. The highest BCUT2D eigenvalue weighted by molar-refractivity contribution is 5.98. The Morgan fingerprint density at radius 1 is 1.44 bits per heavy atom. The fourth-order valence-corrected chi connectivity index (χ4v) is 1.89. The molecule has 4 heteroatoms. The van der Waals surface area contributed by atoms with Gasteiger partial charge in [0.2, 0.25) is 11.8 Å². The van der Waals surface area contributed by atoms with E-state index in [4.69, 9.17) is 0 Å². The van der Waals surface area contributed by atoms with Crippen LogP contribution >= 0.6 is 0 Å². The molecule has 1 aromatic carbocycles. The summed E-state index contributed by atoms with van der Waals surface area (Å²) < 4.78 is 0. The van der Waals surface area contributed by atoms with Crippen LogP contribution < -0.4 is 10.6 Å². The summed E-state index contributed by atoms with van der Waals surface area (Å²) in [6.45, 7) is 1.42. The summed E-state index contributed by atoms with van der Waals surface area (Å²) in [6.07, 6.45) is 1.43. The molecular formula is C12H14N2O2. The largest absolute Gasteiger partial charge is 0.345 e. The molecule has 2 amide bonds. The lowest BCUT2D eigenvalue weighted by molar-refractivity contribution is -0.125. The maximum absolute atomic E-state index is 11.8. The molecule has 0 saturated heterocycles. The topological polar surface area (TPSA) is 58.2 Å². The molecular weight excluding hydrogens is 204 g/mol. The Labute approximate surface area is 94.0 Å². The van der Waals surface area contributed by atoms with Crippen molar-refractivity contribution in [1.29, 1.82) is 0 Å². The molecule has 0 radical (unpaired) electrons. The molecule has 0 spiro atoms. The van der Waals surface area contributed by atoms with Crippen molar-refractivity contribution in [2.24, 2.45) is 0 Å². The van der Waals surface area contributed by atoms with E-state index in [2.05, 4.69) is 10.6 Å². The summed E-state index contributed by atoms with van der Waals surface area (Å²) in [4.78, 5) is 22.7. The summed E-state index contributed by atoms with van der Waals surface area (Å²) in [5.41, 5.74) is 1.96. The van der Waals surface area contributed by atoms with Crippen LogP contribution in [0.1, 0.15) is 18.9 Å². The predicted molar refractivity (Wildman–Crippen MR) is 61.0 cm³/mol. The van der Waals surface area contributed by atoms with Crippen LogP contribution in [0.3, 0.4) is 0 Å². The van der Waals surface area contributed by atoms with Gasteiger partial charge in [-0.25, -0.2) is 0 Å². The van der Waals surface area contributed by atoms with Crippen molar-refractivity contribution >= 4 is 17.5 Å². The molecule has 0 aromatic heterocycles. The fraction of sp³-hybridized carbons (Fsp3) is 0.333. The fourth-order valence-electron chi connectivity index (χ4n) is 1.89. The van der Waals surface area contributed by atoms with Crippen molar-refractivity contribution in [3.63, 3.8) is 0 Å². The molecule has 1 unspecified atom stereocenters. The maximum atomic E-state index is 11.8. The van der Waals surface area contributed by atoms with Crippen molar-refractivity contribution in [1.82, 2.24) is 5.32 Å². The van der Waals surface area contributed by atoms with Gasteiger partial charge >= 0.3 is 0 Å². The zero-order chi connectivity index (χ0) is 11.5. The summed E-state index contributed by atoms with van der Waals surface area (Å²) in [5, 5.41) is 5.48. The first-order chi connectivity index (χ1) is 7.66. The van der Waals surface area contributed by atoms with Crippen molar-refractivity contribution in [2.45, 2.75) is 25.8 Å². The number of benzene rings is 1. The summed E-state index contributed by atoms with van der Waals surface area (Å²) in [5.74, 6) is -0.314. The Balaban J connectivity index is 2.18. The second kappa shape index (κ2) is 4.35. The van der Waals surface area contributed by atoms with Gasteiger partial charge in [-0.05, 0) is 24.5 Å². The zero-order valence-electron chi connectivity index (χ0n) is 9.12. The molecule has 2 rings (SSSR count). The summed E-state index contributed by atoms with van der Waals surface area (Å²) in [7, 11) is 0. The maximum Gasteiger partial charge on any atom is 0.246 e. The van der Waals surface area contributed by atoms with Crippen LogP contribution in [0.5, 0.6) is 0 Å². The van der Waals surface area contributed by atoms with Crippen LogP contribution in [0.15, 0.2) is 24.3 Å².